The molecule has 0 aromatic carbocycles. The molecule has 0 radical (unpaired) electrons. The molecule has 0 aliphatic heterocycles. The summed E-state index contributed by atoms with van der Waals surface area (Å²) in [5.41, 5.74) is 0.295. The highest BCUT2D eigenvalue weighted by Gasteiger charge is 2.24. The summed E-state index contributed by atoms with van der Waals surface area (Å²) in [6.07, 6.45) is 6.41. The molecule has 18 heavy (non-hydrogen) atoms. The molecule has 1 aliphatic rings. The van der Waals surface area contributed by atoms with E-state index >= 15 is 0 Å². The third kappa shape index (κ3) is 2.88. The van der Waals surface area contributed by atoms with Gasteiger partial charge in [0.25, 0.3) is 5.91 Å². The van der Waals surface area contributed by atoms with E-state index in [0.29, 0.717) is 17.6 Å². The molecule has 2 rings (SSSR count). The summed E-state index contributed by atoms with van der Waals surface area (Å²) >= 11 is 0. The van der Waals surface area contributed by atoms with E-state index in [4.69, 9.17) is 0 Å². The molecule has 7 heteroatoms. The monoisotopic (exact) mass is 246 g/mol. The molecule has 1 saturated carbocycles. The van der Waals surface area contributed by atoms with Crippen LogP contribution in [-0.4, -0.2) is 42.0 Å². The Kier molecular flexibility index (Phi) is 3.61. The summed E-state index contributed by atoms with van der Waals surface area (Å²) in [6.45, 7) is 3.40. The summed E-state index contributed by atoms with van der Waals surface area (Å²) in [5, 5.41) is 7.92. The average Bonchev–Trinajstić information content (AvgIpc) is 3.20. The Hall–Kier alpha value is -2.31. The fourth-order valence-corrected chi connectivity index (χ4v) is 1.32. The first kappa shape index (κ1) is 12.2. The minimum atomic E-state index is -0.196. The molecular formula is C11H14N6O. The first-order valence-electron chi connectivity index (χ1n) is 5.55. The Labute approximate surface area is 105 Å². The number of carbonyl (C=O) groups excluding carboxylic acids is 1. The van der Waals surface area contributed by atoms with E-state index in [2.05, 4.69) is 32.1 Å². The van der Waals surface area contributed by atoms with Crippen molar-refractivity contribution < 1.29 is 4.79 Å². The molecule has 1 heterocycles. The lowest BCUT2D eigenvalue weighted by Gasteiger charge is -2.10. The second-order valence-electron chi connectivity index (χ2n) is 3.87. The number of amides is 1. The van der Waals surface area contributed by atoms with Crippen molar-refractivity contribution in [3.05, 3.63) is 18.1 Å². The number of hydrazone groups is 1. The first-order chi connectivity index (χ1) is 8.74. The van der Waals surface area contributed by atoms with Crippen LogP contribution in [0.1, 0.15) is 23.3 Å². The molecule has 1 aromatic rings. The van der Waals surface area contributed by atoms with E-state index in [-0.39, 0.29) is 5.91 Å². The fourth-order valence-electron chi connectivity index (χ4n) is 1.32. The van der Waals surface area contributed by atoms with Gasteiger partial charge in [-0.25, -0.2) is 15.0 Å². The second kappa shape index (κ2) is 5.35. The average molecular weight is 246 g/mol. The molecular weight excluding hydrogens is 232 g/mol. The molecule has 0 atom stereocenters. The smallest absolute Gasteiger partial charge is 0.271 e. The van der Waals surface area contributed by atoms with Gasteiger partial charge < -0.3 is 5.32 Å². The van der Waals surface area contributed by atoms with Crippen LogP contribution in [0.15, 0.2) is 22.5 Å². The highest BCUT2D eigenvalue weighted by Crippen LogP contribution is 2.19. The summed E-state index contributed by atoms with van der Waals surface area (Å²) in [4.78, 5) is 23.6. The van der Waals surface area contributed by atoms with Gasteiger partial charge in [0.15, 0.2) is 5.82 Å². The quantitative estimate of drug-likeness (QED) is 0.464. The lowest BCUT2D eigenvalue weighted by Crippen LogP contribution is -2.26. The van der Waals surface area contributed by atoms with Crippen molar-refractivity contribution in [2.45, 2.75) is 18.9 Å². The Morgan fingerprint density at radius 1 is 1.56 bits per heavy atom. The number of carbonyl (C=O) groups is 1. The number of hydrogen-bond donors (Lipinski definition) is 1. The number of rotatable bonds is 5. The van der Waals surface area contributed by atoms with Gasteiger partial charge in [-0.05, 0) is 12.8 Å². The Balaban J connectivity index is 2.08. The van der Waals surface area contributed by atoms with Gasteiger partial charge in [-0.15, -0.1) is 0 Å². The number of hydrogen-bond acceptors (Lipinski definition) is 5. The van der Waals surface area contributed by atoms with Gasteiger partial charge in [-0.1, -0.05) is 0 Å². The summed E-state index contributed by atoms with van der Waals surface area (Å²) in [5.74, 6) is 0.261. The van der Waals surface area contributed by atoms with Crippen molar-refractivity contribution in [1.82, 2.24) is 15.3 Å². The van der Waals surface area contributed by atoms with Crippen LogP contribution < -0.4 is 10.3 Å². The molecule has 1 aliphatic carbocycles. The summed E-state index contributed by atoms with van der Waals surface area (Å²) < 4.78 is 0. The van der Waals surface area contributed by atoms with Gasteiger partial charge in [0.2, 0.25) is 0 Å². The second-order valence-corrected chi connectivity index (χ2v) is 3.87. The zero-order valence-electron chi connectivity index (χ0n) is 10.1. The minimum Gasteiger partial charge on any atom is -0.348 e. The van der Waals surface area contributed by atoms with Crippen molar-refractivity contribution in [2.24, 2.45) is 10.1 Å². The third-order valence-electron chi connectivity index (χ3n) is 2.40. The molecule has 1 fully saturated rings. The number of nitrogens with one attached hydrogen (secondary N) is 1. The zero-order valence-corrected chi connectivity index (χ0v) is 10.1. The van der Waals surface area contributed by atoms with E-state index in [1.165, 1.54) is 23.7 Å². The number of aliphatic imine (C=N–C) groups is 1. The van der Waals surface area contributed by atoms with E-state index in [1.54, 1.807) is 7.05 Å². The van der Waals surface area contributed by atoms with Gasteiger partial charge in [-0.2, -0.15) is 5.10 Å². The highest BCUT2D eigenvalue weighted by atomic mass is 16.2. The molecule has 0 bridgehead atoms. The maximum atomic E-state index is 11.7. The minimum absolute atomic E-state index is 0.196. The van der Waals surface area contributed by atoms with Crippen LogP contribution in [0, 0.1) is 0 Å². The van der Waals surface area contributed by atoms with E-state index < -0.39 is 0 Å². The first-order valence-corrected chi connectivity index (χ1v) is 5.55. The van der Waals surface area contributed by atoms with Crippen molar-refractivity contribution in [3.8, 4) is 0 Å². The Bertz CT molecular complexity index is 465. The highest BCUT2D eigenvalue weighted by molar-refractivity contribution is 5.92. The molecule has 1 amide bonds. The van der Waals surface area contributed by atoms with Crippen LogP contribution in [0.2, 0.25) is 0 Å². The molecule has 7 nitrogen and oxygen atoms in total. The van der Waals surface area contributed by atoms with E-state index in [9.17, 15) is 4.79 Å². The molecule has 0 saturated heterocycles. The van der Waals surface area contributed by atoms with Crippen molar-refractivity contribution >= 4 is 24.8 Å². The fraction of sp³-hybridized carbons (Fsp3) is 0.364. The van der Waals surface area contributed by atoms with Crippen molar-refractivity contribution in [2.75, 3.05) is 12.1 Å². The van der Waals surface area contributed by atoms with Crippen LogP contribution in [0.5, 0.6) is 0 Å². The summed E-state index contributed by atoms with van der Waals surface area (Å²) in [7, 11) is 1.61. The molecule has 1 N–H and O–H groups in total. The van der Waals surface area contributed by atoms with Gasteiger partial charge in [0.1, 0.15) is 12.0 Å². The molecule has 0 spiro atoms. The Morgan fingerprint density at radius 2 is 2.33 bits per heavy atom. The van der Waals surface area contributed by atoms with Gasteiger partial charge in [-0.3, -0.25) is 9.79 Å². The maximum Gasteiger partial charge on any atom is 0.271 e. The van der Waals surface area contributed by atoms with Crippen LogP contribution in [-0.2, 0) is 0 Å². The predicted octanol–water partition coefficient (Wildman–Crippen LogP) is 0.449. The van der Waals surface area contributed by atoms with E-state index in [0.717, 1.165) is 12.8 Å². The summed E-state index contributed by atoms with van der Waals surface area (Å²) in [6, 6.07) is 0.303. The SMILES string of the molecule is C=NN(C=NC)c1cnc(C(=O)NC2CC2)cn1. The number of anilines is 1. The molecule has 0 unspecified atom stereocenters. The lowest BCUT2D eigenvalue weighted by molar-refractivity contribution is 0.0945. The standard InChI is InChI=1S/C11H14N6O/c1-12-7-17(13-2)10-6-14-9(5-15-10)11(18)16-8-3-4-8/h5-8H,2-4H2,1H3,(H,16,18). The normalized spacial score (nSPS) is 14.5. The lowest BCUT2D eigenvalue weighted by atomic mass is 10.4. The van der Waals surface area contributed by atoms with Gasteiger partial charge in [0, 0.05) is 19.8 Å². The number of aromatic nitrogens is 2. The van der Waals surface area contributed by atoms with E-state index in [1.807, 2.05) is 0 Å². The van der Waals surface area contributed by atoms with Crippen molar-refractivity contribution in [1.29, 1.82) is 0 Å². The van der Waals surface area contributed by atoms with Gasteiger partial charge in [0.05, 0.1) is 12.4 Å². The van der Waals surface area contributed by atoms with Gasteiger partial charge >= 0.3 is 0 Å². The zero-order chi connectivity index (χ0) is 13.0. The predicted molar refractivity (Wildman–Crippen MR) is 69.0 cm³/mol. The maximum absolute atomic E-state index is 11.7. The Morgan fingerprint density at radius 3 is 2.83 bits per heavy atom. The molecule has 94 valence electrons. The number of nitrogens with zero attached hydrogens (tertiary/aromatic N) is 5. The van der Waals surface area contributed by atoms with Crippen molar-refractivity contribution in [3.63, 3.8) is 0 Å². The van der Waals surface area contributed by atoms with Crippen LogP contribution >= 0.6 is 0 Å². The van der Waals surface area contributed by atoms with Crippen LogP contribution in [0.3, 0.4) is 0 Å². The third-order valence-corrected chi connectivity index (χ3v) is 2.40. The largest absolute Gasteiger partial charge is 0.348 e. The van der Waals surface area contributed by atoms with Crippen LogP contribution in [0.25, 0.3) is 0 Å². The topological polar surface area (TPSA) is 82.8 Å². The van der Waals surface area contributed by atoms with Crippen LogP contribution in [0.4, 0.5) is 5.82 Å². The molecule has 1 aromatic heterocycles.